The van der Waals surface area contributed by atoms with E-state index in [1.807, 2.05) is 18.5 Å². The fraction of sp³-hybridized carbons (Fsp3) is 0. The van der Waals surface area contributed by atoms with Crippen LogP contribution in [-0.4, -0.2) is 34.5 Å². The van der Waals surface area contributed by atoms with Crippen molar-refractivity contribution in [2.24, 2.45) is 0 Å². The number of imidazole rings is 1. The lowest BCUT2D eigenvalue weighted by atomic mass is 10.0. The van der Waals surface area contributed by atoms with E-state index in [1.54, 1.807) is 47.0 Å². The second-order valence-electron chi connectivity index (χ2n) is 8.03. The van der Waals surface area contributed by atoms with Crippen LogP contribution in [0.25, 0.3) is 17.0 Å². The van der Waals surface area contributed by atoms with E-state index in [0.717, 1.165) is 5.56 Å². The van der Waals surface area contributed by atoms with Crippen LogP contribution in [0.4, 0.5) is 5.69 Å². The van der Waals surface area contributed by atoms with Crippen molar-refractivity contribution in [2.45, 2.75) is 9.79 Å². The Bertz CT molecular complexity index is 1760. The normalized spacial score (nSPS) is 13.8. The molecule has 170 valence electrons. The van der Waals surface area contributed by atoms with Crippen LogP contribution in [0.2, 0.25) is 0 Å². The highest BCUT2D eigenvalue weighted by atomic mass is 32.2. The highest BCUT2D eigenvalue weighted by molar-refractivity contribution is 7.91. The van der Waals surface area contributed by atoms with Crippen molar-refractivity contribution >= 4 is 33.0 Å². The summed E-state index contributed by atoms with van der Waals surface area (Å²) in [5.74, 6) is -0.321. The predicted molar refractivity (Wildman–Crippen MR) is 128 cm³/mol. The van der Waals surface area contributed by atoms with Gasteiger partial charge in [0.15, 0.2) is 5.78 Å². The fourth-order valence-electron chi connectivity index (χ4n) is 4.15. The maximum absolute atomic E-state index is 13.2. The highest BCUT2D eigenvalue weighted by Crippen LogP contribution is 2.35. The van der Waals surface area contributed by atoms with Crippen LogP contribution in [0.1, 0.15) is 26.3 Å². The first-order valence-electron chi connectivity index (χ1n) is 10.7. The third kappa shape index (κ3) is 3.41. The summed E-state index contributed by atoms with van der Waals surface area (Å²) in [5.41, 5.74) is 2.31. The molecule has 3 aromatic carbocycles. The van der Waals surface area contributed by atoms with Crippen molar-refractivity contribution in [2.75, 3.05) is 5.32 Å². The van der Waals surface area contributed by atoms with Gasteiger partial charge in [-0.3, -0.25) is 14.0 Å². The Hall–Kier alpha value is -4.63. The summed E-state index contributed by atoms with van der Waals surface area (Å²) in [6, 6.07) is 19.1. The second kappa shape index (κ2) is 7.71. The number of ketones is 1. The zero-order valence-corrected chi connectivity index (χ0v) is 18.9. The molecule has 35 heavy (non-hydrogen) atoms. The van der Waals surface area contributed by atoms with Crippen molar-refractivity contribution in [3.05, 3.63) is 108 Å². The van der Waals surface area contributed by atoms with E-state index in [9.17, 15) is 18.0 Å². The molecule has 0 saturated carbocycles. The molecule has 0 fully saturated rings. The maximum atomic E-state index is 13.2. The number of carbonyl (C=O) groups excluding carboxylic acids is 2. The first-order valence-corrected chi connectivity index (χ1v) is 12.1. The molecule has 6 rings (SSSR count). The first kappa shape index (κ1) is 20.9. The molecule has 1 aliphatic heterocycles. The van der Waals surface area contributed by atoms with Crippen molar-refractivity contribution in [1.82, 2.24) is 14.4 Å². The van der Waals surface area contributed by atoms with Crippen LogP contribution in [0.3, 0.4) is 0 Å². The molecule has 0 atom stereocenters. The van der Waals surface area contributed by atoms with Gasteiger partial charge in [0, 0.05) is 46.5 Å². The zero-order chi connectivity index (χ0) is 24.2. The number of sulfone groups is 1. The van der Waals surface area contributed by atoms with Gasteiger partial charge >= 0.3 is 0 Å². The van der Waals surface area contributed by atoms with E-state index in [-0.39, 0.29) is 32.3 Å². The Morgan fingerprint density at radius 3 is 2.57 bits per heavy atom. The molecule has 1 aliphatic rings. The molecular weight excluding hydrogens is 464 g/mol. The molecule has 0 aliphatic carbocycles. The summed E-state index contributed by atoms with van der Waals surface area (Å²) in [6.45, 7) is 0. The van der Waals surface area contributed by atoms with Gasteiger partial charge in [-0.1, -0.05) is 24.3 Å². The number of nitrogens with one attached hydrogen (secondary N) is 1. The Kier molecular flexibility index (Phi) is 4.61. The number of benzene rings is 3. The van der Waals surface area contributed by atoms with Crippen molar-refractivity contribution < 1.29 is 18.0 Å². The third-order valence-corrected chi connectivity index (χ3v) is 7.70. The van der Waals surface area contributed by atoms with Gasteiger partial charge in [-0.25, -0.2) is 18.4 Å². The van der Waals surface area contributed by atoms with Crippen LogP contribution in [0, 0.1) is 0 Å². The van der Waals surface area contributed by atoms with E-state index >= 15 is 0 Å². The second-order valence-corrected chi connectivity index (χ2v) is 9.91. The maximum Gasteiger partial charge on any atom is 0.255 e. The Labute approximate surface area is 199 Å². The molecule has 0 spiro atoms. The van der Waals surface area contributed by atoms with Gasteiger partial charge < -0.3 is 5.32 Å². The zero-order valence-electron chi connectivity index (χ0n) is 18.0. The molecule has 3 heterocycles. The van der Waals surface area contributed by atoms with Crippen LogP contribution in [0.5, 0.6) is 0 Å². The van der Waals surface area contributed by atoms with Gasteiger partial charge in [-0.15, -0.1) is 0 Å². The van der Waals surface area contributed by atoms with E-state index < -0.39 is 15.7 Å². The lowest BCUT2D eigenvalue weighted by Crippen LogP contribution is -2.21. The van der Waals surface area contributed by atoms with Crippen molar-refractivity contribution in [1.29, 1.82) is 0 Å². The predicted octanol–water partition coefficient (Wildman–Crippen LogP) is 4.03. The molecule has 1 N–H and O–H groups in total. The number of hydrogen-bond acceptors (Lipinski definition) is 6. The number of nitrogens with zero attached hydrogens (tertiary/aromatic N) is 3. The topological polar surface area (TPSA) is 110 Å². The van der Waals surface area contributed by atoms with Gasteiger partial charge in [0.2, 0.25) is 15.6 Å². The molecule has 0 unspecified atom stereocenters. The summed E-state index contributed by atoms with van der Waals surface area (Å²) in [5, 5.41) is 2.80. The number of carbonyl (C=O) groups is 2. The van der Waals surface area contributed by atoms with Crippen LogP contribution < -0.4 is 5.32 Å². The Morgan fingerprint density at radius 2 is 1.71 bits per heavy atom. The number of hydrogen-bond donors (Lipinski definition) is 1. The number of anilines is 1. The number of amides is 1. The molecule has 9 heteroatoms. The SMILES string of the molecule is O=C(Nc1cccc(-c2cn3cccnc3n2)c1)c1ccc2c(c1)S(=O)(=O)c1ccccc1C2=O. The lowest BCUT2D eigenvalue weighted by molar-refractivity contribution is 0.101. The molecule has 2 aromatic heterocycles. The van der Waals surface area contributed by atoms with E-state index in [1.165, 1.54) is 30.3 Å². The summed E-state index contributed by atoms with van der Waals surface area (Å²) < 4.78 is 28.1. The average Bonchev–Trinajstić information content (AvgIpc) is 3.32. The number of aromatic nitrogens is 3. The quantitative estimate of drug-likeness (QED) is 0.410. The Morgan fingerprint density at radius 1 is 0.886 bits per heavy atom. The van der Waals surface area contributed by atoms with Crippen LogP contribution in [0.15, 0.2) is 101 Å². The van der Waals surface area contributed by atoms with E-state index in [0.29, 0.717) is 17.2 Å². The van der Waals surface area contributed by atoms with Crippen LogP contribution in [-0.2, 0) is 9.84 Å². The minimum Gasteiger partial charge on any atom is -0.322 e. The summed E-state index contributed by atoms with van der Waals surface area (Å²) >= 11 is 0. The van der Waals surface area contributed by atoms with Crippen molar-refractivity contribution in [3.8, 4) is 11.3 Å². The van der Waals surface area contributed by atoms with Gasteiger partial charge in [0.05, 0.1) is 15.5 Å². The summed E-state index contributed by atoms with van der Waals surface area (Å²) in [4.78, 5) is 34.3. The smallest absolute Gasteiger partial charge is 0.255 e. The molecule has 5 aromatic rings. The largest absolute Gasteiger partial charge is 0.322 e. The third-order valence-electron chi connectivity index (χ3n) is 5.85. The summed E-state index contributed by atoms with van der Waals surface area (Å²) in [6.07, 6.45) is 5.35. The van der Waals surface area contributed by atoms with Gasteiger partial charge in [-0.05, 0) is 48.5 Å². The Balaban J connectivity index is 1.32. The summed E-state index contributed by atoms with van der Waals surface area (Å²) in [7, 11) is -3.94. The first-order chi connectivity index (χ1) is 16.9. The van der Waals surface area contributed by atoms with Gasteiger partial charge in [-0.2, -0.15) is 0 Å². The van der Waals surface area contributed by atoms with E-state index in [4.69, 9.17) is 0 Å². The lowest BCUT2D eigenvalue weighted by Gasteiger charge is -2.19. The monoisotopic (exact) mass is 480 g/mol. The molecule has 8 nitrogen and oxygen atoms in total. The van der Waals surface area contributed by atoms with Gasteiger partial charge in [0.1, 0.15) is 0 Å². The number of rotatable bonds is 3. The minimum atomic E-state index is -3.94. The number of fused-ring (bicyclic) bond motifs is 3. The standard InChI is InChI=1S/C26H16N4O4S/c31-24-19-7-1-2-8-22(19)35(33,34)23-14-17(9-10-20(23)24)25(32)28-18-6-3-5-16(13-18)21-15-30-12-4-11-27-26(30)29-21/h1-15H,(H,28,32). The molecule has 1 amide bonds. The molecule has 0 bridgehead atoms. The molecular formula is C26H16N4O4S. The highest BCUT2D eigenvalue weighted by Gasteiger charge is 2.35. The molecule has 0 saturated heterocycles. The van der Waals surface area contributed by atoms with Crippen molar-refractivity contribution in [3.63, 3.8) is 0 Å². The average molecular weight is 481 g/mol. The van der Waals surface area contributed by atoms with E-state index in [2.05, 4.69) is 15.3 Å². The minimum absolute atomic E-state index is 0.0512. The van der Waals surface area contributed by atoms with Crippen LogP contribution >= 0.6 is 0 Å². The van der Waals surface area contributed by atoms with Gasteiger partial charge in [0.25, 0.3) is 5.91 Å². The molecule has 0 radical (unpaired) electrons. The fourth-order valence-corrected chi connectivity index (χ4v) is 5.83.